The molecule has 0 saturated heterocycles. The zero-order chi connectivity index (χ0) is 25.0. The van der Waals surface area contributed by atoms with Gasteiger partial charge in [-0.25, -0.2) is 0 Å². The van der Waals surface area contributed by atoms with Gasteiger partial charge in [-0.3, -0.25) is 0 Å². The molecular weight excluding hydrogens is 416 g/mol. The van der Waals surface area contributed by atoms with E-state index in [4.69, 9.17) is 16.6 Å². The van der Waals surface area contributed by atoms with Crippen LogP contribution in [0.2, 0.25) is 0 Å². The molecule has 3 heteroatoms. The van der Waals surface area contributed by atoms with E-state index in [2.05, 4.69) is 49.4 Å². The highest BCUT2D eigenvalue weighted by molar-refractivity contribution is 5.63. The van der Waals surface area contributed by atoms with E-state index in [9.17, 15) is 0 Å². The molecule has 1 aliphatic carbocycles. The Morgan fingerprint density at radius 2 is 1.32 bits per heavy atom. The Bertz CT molecular complexity index is 1020. The van der Waals surface area contributed by atoms with Crippen molar-refractivity contribution in [2.45, 2.75) is 46.7 Å². The fraction of sp³-hybridized carbons (Fsp3) is 0.226. The zero-order valence-electron chi connectivity index (χ0n) is 20.8. The number of hydrogen-bond donors (Lipinski definition) is 3. The summed E-state index contributed by atoms with van der Waals surface area (Å²) in [6.07, 6.45) is 13.1. The van der Waals surface area contributed by atoms with Gasteiger partial charge in [0.1, 0.15) is 5.75 Å². The predicted octanol–water partition coefficient (Wildman–Crippen LogP) is 7.53. The molecule has 0 fully saturated rings. The Balaban J connectivity index is 0.000000250. The minimum atomic E-state index is 0.276. The fourth-order valence-corrected chi connectivity index (χ4v) is 2.94. The summed E-state index contributed by atoms with van der Waals surface area (Å²) in [6, 6.07) is 25.6. The van der Waals surface area contributed by atoms with E-state index in [0.717, 1.165) is 5.56 Å². The molecule has 3 aromatic rings. The van der Waals surface area contributed by atoms with Crippen LogP contribution in [0.3, 0.4) is 0 Å². The molecule has 180 valence electrons. The van der Waals surface area contributed by atoms with Crippen molar-refractivity contribution in [3.8, 4) is 16.9 Å². The number of nitrogens with two attached hydrogens (primary N) is 2. The topological polar surface area (TPSA) is 72.3 Å². The van der Waals surface area contributed by atoms with Gasteiger partial charge in [0.2, 0.25) is 0 Å². The van der Waals surface area contributed by atoms with Crippen LogP contribution in [0.5, 0.6) is 5.75 Å². The smallest absolute Gasteiger partial charge is 0.115 e. The third-order valence-corrected chi connectivity index (χ3v) is 4.93. The molecule has 0 unspecified atom stereocenters. The van der Waals surface area contributed by atoms with Crippen LogP contribution in [0.25, 0.3) is 11.1 Å². The molecule has 0 amide bonds. The van der Waals surface area contributed by atoms with Crippen molar-refractivity contribution in [1.82, 2.24) is 0 Å². The molecule has 0 aromatic heterocycles. The van der Waals surface area contributed by atoms with Gasteiger partial charge < -0.3 is 16.6 Å². The number of rotatable bonds is 3. The van der Waals surface area contributed by atoms with Crippen molar-refractivity contribution in [1.29, 1.82) is 0 Å². The molecule has 1 aliphatic rings. The second-order valence-corrected chi connectivity index (χ2v) is 7.74. The van der Waals surface area contributed by atoms with Crippen molar-refractivity contribution in [3.63, 3.8) is 0 Å². The lowest BCUT2D eigenvalue weighted by atomic mass is 10.0. The summed E-state index contributed by atoms with van der Waals surface area (Å²) in [5, 5.41) is 8.89. The molecule has 3 nitrogen and oxygen atoms in total. The molecule has 0 spiro atoms. The Kier molecular flexibility index (Phi) is 15.2. The second-order valence-electron chi connectivity index (χ2n) is 7.74. The van der Waals surface area contributed by atoms with E-state index >= 15 is 0 Å². The van der Waals surface area contributed by atoms with Crippen LogP contribution in [0.1, 0.15) is 44.7 Å². The highest BCUT2D eigenvalue weighted by Crippen LogP contribution is 2.19. The second kappa shape index (κ2) is 18.1. The molecule has 0 saturated carbocycles. The van der Waals surface area contributed by atoms with Crippen molar-refractivity contribution in [2.24, 2.45) is 11.5 Å². The van der Waals surface area contributed by atoms with Gasteiger partial charge in [-0.1, -0.05) is 96.6 Å². The molecule has 3 aromatic carbocycles. The Hall–Kier alpha value is -3.40. The summed E-state index contributed by atoms with van der Waals surface area (Å²) in [7, 11) is 0. The first-order chi connectivity index (χ1) is 16.5. The predicted molar refractivity (Wildman–Crippen MR) is 148 cm³/mol. The molecule has 0 aliphatic heterocycles. The highest BCUT2D eigenvalue weighted by Gasteiger charge is 1.96. The van der Waals surface area contributed by atoms with Crippen LogP contribution >= 0.6 is 0 Å². The Labute approximate surface area is 206 Å². The van der Waals surface area contributed by atoms with E-state index < -0.39 is 0 Å². The third-order valence-electron chi connectivity index (χ3n) is 4.93. The van der Waals surface area contributed by atoms with Crippen LogP contribution in [0, 0.1) is 0 Å². The average Bonchev–Trinajstić information content (AvgIpc) is 2.90. The van der Waals surface area contributed by atoms with Gasteiger partial charge in [0, 0.05) is 13.1 Å². The van der Waals surface area contributed by atoms with E-state index in [1.165, 1.54) is 35.1 Å². The number of hydrogen-bond acceptors (Lipinski definition) is 3. The largest absolute Gasteiger partial charge is 0.508 e. The number of aromatic hydroxyl groups is 1. The van der Waals surface area contributed by atoms with Gasteiger partial charge in [0.05, 0.1) is 0 Å². The summed E-state index contributed by atoms with van der Waals surface area (Å²) in [6.45, 7) is 7.21. The average molecular weight is 457 g/mol. The third kappa shape index (κ3) is 12.6. The van der Waals surface area contributed by atoms with Crippen molar-refractivity contribution >= 4 is 0 Å². The first-order valence-electron chi connectivity index (χ1n) is 11.8. The van der Waals surface area contributed by atoms with E-state index in [1.54, 1.807) is 18.2 Å². The van der Waals surface area contributed by atoms with E-state index in [-0.39, 0.29) is 5.75 Å². The number of phenolic OH excluding ortho intramolecular Hbond substituents is 1. The summed E-state index contributed by atoms with van der Waals surface area (Å²) in [5.74, 6) is 0.276. The first-order valence-corrected chi connectivity index (χ1v) is 11.8. The maximum absolute atomic E-state index is 8.89. The lowest BCUT2D eigenvalue weighted by molar-refractivity contribution is 0.474. The van der Waals surface area contributed by atoms with Gasteiger partial charge in [-0.05, 0) is 74.1 Å². The van der Waals surface area contributed by atoms with Gasteiger partial charge in [-0.2, -0.15) is 0 Å². The fourth-order valence-electron chi connectivity index (χ4n) is 2.94. The van der Waals surface area contributed by atoms with Crippen molar-refractivity contribution in [2.75, 3.05) is 0 Å². The van der Waals surface area contributed by atoms with Crippen LogP contribution in [-0.4, -0.2) is 5.11 Å². The monoisotopic (exact) mass is 456 g/mol. The minimum absolute atomic E-state index is 0.276. The molecule has 0 bridgehead atoms. The molecule has 0 heterocycles. The molecule has 34 heavy (non-hydrogen) atoms. The van der Waals surface area contributed by atoms with Crippen LogP contribution in [0.15, 0.2) is 115 Å². The maximum atomic E-state index is 8.89. The quantitative estimate of drug-likeness (QED) is 0.357. The summed E-state index contributed by atoms with van der Waals surface area (Å²) in [4.78, 5) is 0. The standard InChI is InChI=1S/C13H13N.C7H9NO.C7H10.C4H8/c14-10-11-5-4-8-13(9-11)12-6-2-1-3-7-12;8-5-6-2-1-3-7(9)4-6;1-7-5-3-2-4-6-7;1-3-4-2/h1-9H,10,14H2;1-4,9H,5,8H2;3,5-6H,2,4H2,1H3;3-4H,1-2H3. The lowest BCUT2D eigenvalue weighted by Crippen LogP contribution is -1.95. The molecule has 5 N–H and O–H groups in total. The molecular formula is C31H40N2O. The van der Waals surface area contributed by atoms with E-state index in [1.807, 2.05) is 62.4 Å². The normalized spacial score (nSPS) is 11.7. The molecule has 0 radical (unpaired) electrons. The van der Waals surface area contributed by atoms with Gasteiger partial charge in [0.25, 0.3) is 0 Å². The minimum Gasteiger partial charge on any atom is -0.508 e. The van der Waals surface area contributed by atoms with Crippen molar-refractivity contribution in [3.05, 3.63) is 126 Å². The first kappa shape index (κ1) is 28.6. The number of phenols is 1. The van der Waals surface area contributed by atoms with Gasteiger partial charge in [0.15, 0.2) is 0 Å². The summed E-state index contributed by atoms with van der Waals surface area (Å²) < 4.78 is 0. The SMILES string of the molecule is CC1=CCCC=C1.CC=CC.NCc1cccc(-c2ccccc2)c1.NCc1cccc(O)c1. The lowest BCUT2D eigenvalue weighted by Gasteiger charge is -2.03. The summed E-state index contributed by atoms with van der Waals surface area (Å²) in [5.41, 5.74) is 16.9. The number of benzene rings is 3. The van der Waals surface area contributed by atoms with Crippen molar-refractivity contribution < 1.29 is 5.11 Å². The highest BCUT2D eigenvalue weighted by atomic mass is 16.3. The van der Waals surface area contributed by atoms with Crippen LogP contribution < -0.4 is 11.5 Å². The maximum Gasteiger partial charge on any atom is 0.115 e. The molecule has 4 rings (SSSR count). The van der Waals surface area contributed by atoms with Crippen LogP contribution in [-0.2, 0) is 13.1 Å². The molecule has 0 atom stereocenters. The Morgan fingerprint density at radius 3 is 1.76 bits per heavy atom. The van der Waals surface area contributed by atoms with Gasteiger partial charge >= 0.3 is 0 Å². The summed E-state index contributed by atoms with van der Waals surface area (Å²) >= 11 is 0. The van der Waals surface area contributed by atoms with E-state index in [0.29, 0.717) is 13.1 Å². The number of allylic oxidation sites excluding steroid dienone is 6. The van der Waals surface area contributed by atoms with Gasteiger partial charge in [-0.15, -0.1) is 0 Å². The Morgan fingerprint density at radius 1 is 0.735 bits per heavy atom. The zero-order valence-corrected chi connectivity index (χ0v) is 20.8. The van der Waals surface area contributed by atoms with Crippen LogP contribution in [0.4, 0.5) is 0 Å².